The molecule has 14 heavy (non-hydrogen) atoms. The third-order valence-corrected chi connectivity index (χ3v) is 4.85. The highest BCUT2D eigenvalue weighted by atomic mass is 15.3. The van der Waals surface area contributed by atoms with Crippen LogP contribution in [0.3, 0.4) is 0 Å². The number of likely N-dealkylation sites (tertiary alicyclic amines) is 1. The SMILES string of the molecule is NC1CN(C2CCC23CCCCC3)C1. The van der Waals surface area contributed by atoms with Crippen LogP contribution in [-0.4, -0.2) is 30.1 Å². The van der Waals surface area contributed by atoms with Crippen LogP contribution in [0, 0.1) is 5.41 Å². The van der Waals surface area contributed by atoms with Crippen LogP contribution in [0.1, 0.15) is 44.9 Å². The van der Waals surface area contributed by atoms with Gasteiger partial charge < -0.3 is 5.73 Å². The largest absolute Gasteiger partial charge is 0.325 e. The lowest BCUT2D eigenvalue weighted by Crippen LogP contribution is -2.66. The van der Waals surface area contributed by atoms with Crippen LogP contribution in [0.2, 0.25) is 0 Å². The van der Waals surface area contributed by atoms with Crippen molar-refractivity contribution < 1.29 is 0 Å². The second-order valence-corrected chi connectivity index (χ2v) is 5.69. The predicted octanol–water partition coefficient (Wildman–Crippen LogP) is 1.74. The van der Waals surface area contributed by atoms with Crippen molar-refractivity contribution in [3.63, 3.8) is 0 Å². The Balaban J connectivity index is 1.64. The maximum Gasteiger partial charge on any atom is 0.0297 e. The Hall–Kier alpha value is -0.0800. The van der Waals surface area contributed by atoms with Gasteiger partial charge in [-0.25, -0.2) is 0 Å². The van der Waals surface area contributed by atoms with Gasteiger partial charge in [0.15, 0.2) is 0 Å². The van der Waals surface area contributed by atoms with Gasteiger partial charge in [-0.3, -0.25) is 4.90 Å². The Kier molecular flexibility index (Phi) is 2.10. The van der Waals surface area contributed by atoms with Crippen LogP contribution >= 0.6 is 0 Å². The first-order valence-corrected chi connectivity index (χ1v) is 6.30. The molecule has 0 amide bonds. The summed E-state index contributed by atoms with van der Waals surface area (Å²) in [5, 5.41) is 0. The fourth-order valence-electron chi connectivity index (χ4n) is 3.89. The minimum atomic E-state index is 0.483. The fraction of sp³-hybridized carbons (Fsp3) is 1.00. The molecule has 1 unspecified atom stereocenters. The Labute approximate surface area is 86.8 Å². The molecule has 2 aliphatic carbocycles. The number of nitrogens with zero attached hydrogens (tertiary/aromatic N) is 1. The van der Waals surface area contributed by atoms with Gasteiger partial charge in [-0.05, 0) is 31.1 Å². The highest BCUT2D eigenvalue weighted by Gasteiger charge is 2.51. The monoisotopic (exact) mass is 194 g/mol. The van der Waals surface area contributed by atoms with Crippen molar-refractivity contribution in [3.05, 3.63) is 0 Å². The number of nitrogens with two attached hydrogens (primary N) is 1. The van der Waals surface area contributed by atoms with Gasteiger partial charge in [-0.15, -0.1) is 0 Å². The van der Waals surface area contributed by atoms with E-state index in [-0.39, 0.29) is 0 Å². The normalized spacial score (nSPS) is 37.9. The van der Waals surface area contributed by atoms with E-state index in [4.69, 9.17) is 5.73 Å². The molecule has 3 rings (SSSR count). The molecule has 3 aliphatic rings. The molecule has 2 heteroatoms. The average Bonchev–Trinajstić information content (AvgIpc) is 2.15. The second-order valence-electron chi connectivity index (χ2n) is 5.69. The highest BCUT2D eigenvalue weighted by Crippen LogP contribution is 2.54. The summed E-state index contributed by atoms with van der Waals surface area (Å²) in [5.41, 5.74) is 6.61. The molecular formula is C12H22N2. The van der Waals surface area contributed by atoms with Gasteiger partial charge in [0, 0.05) is 25.2 Å². The molecule has 2 saturated carbocycles. The lowest BCUT2D eigenvalue weighted by molar-refractivity contribution is -0.0829. The molecule has 1 heterocycles. The molecule has 1 saturated heterocycles. The zero-order chi connectivity index (χ0) is 9.60. The summed E-state index contributed by atoms with van der Waals surface area (Å²) in [5.74, 6) is 0. The van der Waals surface area contributed by atoms with E-state index in [0.29, 0.717) is 6.04 Å². The quantitative estimate of drug-likeness (QED) is 0.689. The fourth-order valence-corrected chi connectivity index (χ4v) is 3.89. The van der Waals surface area contributed by atoms with Crippen LogP contribution in [0.4, 0.5) is 0 Å². The molecule has 0 aromatic rings. The van der Waals surface area contributed by atoms with Gasteiger partial charge in [0.05, 0.1) is 0 Å². The first kappa shape index (κ1) is 9.17. The third kappa shape index (κ3) is 1.24. The standard InChI is InChI=1S/C12H22N2/c13-10-8-14(9-10)11-4-7-12(11)5-2-1-3-6-12/h10-11H,1-9,13H2. The molecule has 1 aliphatic heterocycles. The van der Waals surface area contributed by atoms with Gasteiger partial charge in [-0.1, -0.05) is 19.3 Å². The van der Waals surface area contributed by atoms with Crippen molar-refractivity contribution in [2.75, 3.05) is 13.1 Å². The van der Waals surface area contributed by atoms with Gasteiger partial charge in [0.2, 0.25) is 0 Å². The summed E-state index contributed by atoms with van der Waals surface area (Å²) in [7, 11) is 0. The van der Waals surface area contributed by atoms with Crippen molar-refractivity contribution in [1.82, 2.24) is 4.90 Å². The van der Waals surface area contributed by atoms with Crippen molar-refractivity contribution in [1.29, 1.82) is 0 Å². The molecule has 2 N–H and O–H groups in total. The van der Waals surface area contributed by atoms with Gasteiger partial charge in [0.1, 0.15) is 0 Å². The molecule has 2 nitrogen and oxygen atoms in total. The predicted molar refractivity (Wildman–Crippen MR) is 58.1 cm³/mol. The maximum atomic E-state index is 5.86. The topological polar surface area (TPSA) is 29.3 Å². The first-order chi connectivity index (χ1) is 6.80. The Morgan fingerprint density at radius 1 is 1.00 bits per heavy atom. The minimum Gasteiger partial charge on any atom is -0.325 e. The Bertz CT molecular complexity index is 214. The van der Waals surface area contributed by atoms with Crippen LogP contribution in [-0.2, 0) is 0 Å². The van der Waals surface area contributed by atoms with E-state index in [1.165, 1.54) is 58.0 Å². The van der Waals surface area contributed by atoms with Crippen LogP contribution in [0.5, 0.6) is 0 Å². The van der Waals surface area contributed by atoms with E-state index in [2.05, 4.69) is 4.90 Å². The van der Waals surface area contributed by atoms with E-state index in [9.17, 15) is 0 Å². The van der Waals surface area contributed by atoms with E-state index in [1.54, 1.807) is 0 Å². The molecule has 0 bridgehead atoms. The molecule has 1 atom stereocenters. The first-order valence-electron chi connectivity index (χ1n) is 6.30. The van der Waals surface area contributed by atoms with E-state index < -0.39 is 0 Å². The van der Waals surface area contributed by atoms with E-state index in [0.717, 1.165) is 11.5 Å². The maximum absolute atomic E-state index is 5.86. The van der Waals surface area contributed by atoms with Gasteiger partial charge >= 0.3 is 0 Å². The minimum absolute atomic E-state index is 0.483. The van der Waals surface area contributed by atoms with Crippen molar-refractivity contribution in [2.24, 2.45) is 11.1 Å². The second kappa shape index (κ2) is 3.21. The molecule has 80 valence electrons. The van der Waals surface area contributed by atoms with Gasteiger partial charge in [-0.2, -0.15) is 0 Å². The van der Waals surface area contributed by atoms with E-state index >= 15 is 0 Å². The molecule has 0 radical (unpaired) electrons. The molecule has 3 fully saturated rings. The van der Waals surface area contributed by atoms with Crippen LogP contribution in [0.25, 0.3) is 0 Å². The number of hydrogen-bond donors (Lipinski definition) is 1. The summed E-state index contributed by atoms with van der Waals surface area (Å²) in [4.78, 5) is 2.65. The van der Waals surface area contributed by atoms with Crippen molar-refractivity contribution in [3.8, 4) is 0 Å². The van der Waals surface area contributed by atoms with Crippen molar-refractivity contribution >= 4 is 0 Å². The van der Waals surface area contributed by atoms with Crippen molar-refractivity contribution in [2.45, 2.75) is 57.0 Å². The van der Waals surface area contributed by atoms with Crippen LogP contribution in [0.15, 0.2) is 0 Å². The summed E-state index contributed by atoms with van der Waals surface area (Å²) in [6.45, 7) is 2.35. The number of hydrogen-bond acceptors (Lipinski definition) is 2. The number of rotatable bonds is 1. The smallest absolute Gasteiger partial charge is 0.0297 e. The molecule has 0 aromatic carbocycles. The Morgan fingerprint density at radius 3 is 2.21 bits per heavy atom. The Morgan fingerprint density at radius 2 is 1.71 bits per heavy atom. The molecular weight excluding hydrogens is 172 g/mol. The zero-order valence-corrected chi connectivity index (χ0v) is 9.04. The van der Waals surface area contributed by atoms with E-state index in [1.807, 2.05) is 0 Å². The third-order valence-electron chi connectivity index (χ3n) is 4.85. The highest BCUT2D eigenvalue weighted by molar-refractivity contribution is 5.05. The lowest BCUT2D eigenvalue weighted by Gasteiger charge is -2.59. The average molecular weight is 194 g/mol. The lowest BCUT2D eigenvalue weighted by atomic mass is 9.56. The van der Waals surface area contributed by atoms with Crippen LogP contribution < -0.4 is 5.73 Å². The summed E-state index contributed by atoms with van der Waals surface area (Å²) in [6.07, 6.45) is 10.4. The summed E-state index contributed by atoms with van der Waals surface area (Å²) < 4.78 is 0. The zero-order valence-electron chi connectivity index (χ0n) is 9.04. The summed E-state index contributed by atoms with van der Waals surface area (Å²) >= 11 is 0. The molecule has 0 aromatic heterocycles. The summed E-state index contributed by atoms with van der Waals surface area (Å²) in [6, 6.07) is 1.40. The van der Waals surface area contributed by atoms with Gasteiger partial charge in [0.25, 0.3) is 0 Å². The molecule has 1 spiro atoms.